The molecule has 0 radical (unpaired) electrons. The molecule has 176 valence electrons. The fourth-order valence-corrected chi connectivity index (χ4v) is 6.92. The average molecular weight is 457 g/mol. The van der Waals surface area contributed by atoms with E-state index in [-0.39, 0.29) is 22.9 Å². The number of anilines is 4. The molecule has 0 bridgehead atoms. The van der Waals surface area contributed by atoms with Gasteiger partial charge in [-0.05, 0) is 31.0 Å². The number of benzene rings is 2. The molecule has 5 heteroatoms. The Morgan fingerprint density at radius 2 is 1.41 bits per heavy atom. The zero-order valence-electron chi connectivity index (χ0n) is 20.9. The first-order valence-electron chi connectivity index (χ1n) is 12.4. The summed E-state index contributed by atoms with van der Waals surface area (Å²) in [6.45, 7) is 13.0. The van der Waals surface area contributed by atoms with Crippen molar-refractivity contribution in [3.8, 4) is 0 Å². The second-order valence-electron chi connectivity index (χ2n) is 11.5. The Hall–Kier alpha value is -2.95. The van der Waals surface area contributed by atoms with Crippen molar-refractivity contribution in [2.75, 3.05) is 9.80 Å². The van der Waals surface area contributed by atoms with E-state index in [9.17, 15) is 0 Å². The van der Waals surface area contributed by atoms with Crippen LogP contribution in [0.5, 0.6) is 0 Å². The summed E-state index contributed by atoms with van der Waals surface area (Å²) in [7, 11) is 0. The van der Waals surface area contributed by atoms with Gasteiger partial charge in [0.1, 0.15) is 11.8 Å². The summed E-state index contributed by atoms with van der Waals surface area (Å²) < 4.78 is 16.8. The van der Waals surface area contributed by atoms with Crippen molar-refractivity contribution in [1.29, 1.82) is 0 Å². The maximum Gasteiger partial charge on any atom is 0.178 e. The summed E-state index contributed by atoms with van der Waals surface area (Å²) in [6.07, 6.45) is 1.18. The van der Waals surface area contributed by atoms with Crippen LogP contribution < -0.4 is 9.80 Å². The number of alkyl halides is 1. The van der Waals surface area contributed by atoms with Crippen LogP contribution >= 0.6 is 0 Å². The number of aromatic nitrogens is 2. The quantitative estimate of drug-likeness (QED) is 0.406. The lowest BCUT2D eigenvalue weighted by Gasteiger charge is -2.48. The summed E-state index contributed by atoms with van der Waals surface area (Å²) >= 11 is 0. The molecule has 34 heavy (non-hydrogen) atoms. The predicted octanol–water partition coefficient (Wildman–Crippen LogP) is 7.28. The van der Waals surface area contributed by atoms with Crippen LogP contribution in [0.25, 0.3) is 0 Å². The van der Waals surface area contributed by atoms with Crippen molar-refractivity contribution >= 4 is 23.0 Å². The molecule has 3 unspecified atom stereocenters. The van der Waals surface area contributed by atoms with Crippen molar-refractivity contribution in [1.82, 2.24) is 9.97 Å². The van der Waals surface area contributed by atoms with Gasteiger partial charge in [-0.25, -0.2) is 14.4 Å². The molecule has 3 aromatic rings. The minimum Gasteiger partial charge on any atom is -0.301 e. The highest BCUT2D eigenvalue weighted by Crippen LogP contribution is 2.59. The molecule has 3 aliphatic rings. The Morgan fingerprint density at radius 3 is 2.03 bits per heavy atom. The molecule has 6 rings (SSSR count). The number of halogens is 1. The lowest BCUT2D eigenvalue weighted by atomic mass is 9.75. The maximum atomic E-state index is 16.8. The third-order valence-corrected chi connectivity index (χ3v) is 8.34. The van der Waals surface area contributed by atoms with Gasteiger partial charge in [0, 0.05) is 28.0 Å². The standard InChI is InChI=1S/C29H33FN4/c1-7-29(30)18(2)26-33(19-13-9-8-10-14-19)24-25(34(26)21-16-12-11-15-20(21)29)32-23-22(31-24)27(3,4)17-28(23,5)6/h8-16,18,26H,7,17H2,1-6H3. The van der Waals surface area contributed by atoms with Gasteiger partial charge in [-0.3, -0.25) is 0 Å². The van der Waals surface area contributed by atoms with E-state index in [1.165, 1.54) is 0 Å². The molecule has 1 aromatic heterocycles. The van der Waals surface area contributed by atoms with Crippen LogP contribution in [0.2, 0.25) is 0 Å². The van der Waals surface area contributed by atoms with Crippen molar-refractivity contribution in [2.24, 2.45) is 5.92 Å². The molecule has 4 nitrogen and oxygen atoms in total. The van der Waals surface area contributed by atoms with Crippen LogP contribution in [-0.4, -0.2) is 16.1 Å². The van der Waals surface area contributed by atoms with E-state index >= 15 is 4.39 Å². The fourth-order valence-electron chi connectivity index (χ4n) is 6.92. The Labute approximate surface area is 201 Å². The zero-order chi connectivity index (χ0) is 24.0. The molecule has 3 atom stereocenters. The Bertz CT molecular complexity index is 1280. The van der Waals surface area contributed by atoms with E-state index in [2.05, 4.69) is 49.6 Å². The number of rotatable bonds is 2. The Morgan fingerprint density at radius 1 is 0.853 bits per heavy atom. The van der Waals surface area contributed by atoms with Crippen molar-refractivity contribution in [3.63, 3.8) is 0 Å². The van der Waals surface area contributed by atoms with Crippen molar-refractivity contribution < 1.29 is 4.39 Å². The number of hydrogen-bond donors (Lipinski definition) is 0. The molecule has 0 saturated carbocycles. The fraction of sp³-hybridized carbons (Fsp3) is 0.448. The zero-order valence-corrected chi connectivity index (χ0v) is 20.9. The summed E-state index contributed by atoms with van der Waals surface area (Å²) in [6, 6.07) is 18.2. The van der Waals surface area contributed by atoms with Gasteiger partial charge in [0.15, 0.2) is 11.6 Å². The monoisotopic (exact) mass is 456 g/mol. The molecule has 1 aliphatic carbocycles. The largest absolute Gasteiger partial charge is 0.301 e. The molecule has 2 aliphatic heterocycles. The third-order valence-electron chi connectivity index (χ3n) is 8.34. The van der Waals surface area contributed by atoms with Gasteiger partial charge in [0.05, 0.1) is 17.1 Å². The van der Waals surface area contributed by atoms with E-state index in [0.717, 1.165) is 46.4 Å². The lowest BCUT2D eigenvalue weighted by molar-refractivity contribution is 0.0619. The highest BCUT2D eigenvalue weighted by molar-refractivity contribution is 5.86. The summed E-state index contributed by atoms with van der Waals surface area (Å²) in [5, 5.41) is 0. The van der Waals surface area contributed by atoms with E-state index in [0.29, 0.717) is 6.42 Å². The molecule has 0 saturated heterocycles. The molecular formula is C29H33FN4. The first-order valence-corrected chi connectivity index (χ1v) is 12.4. The van der Waals surface area contributed by atoms with Gasteiger partial charge in [0.2, 0.25) is 0 Å². The van der Waals surface area contributed by atoms with Crippen LogP contribution in [0.4, 0.5) is 27.4 Å². The Balaban J connectivity index is 1.68. The van der Waals surface area contributed by atoms with Crippen LogP contribution in [0, 0.1) is 5.92 Å². The minimum absolute atomic E-state index is 0.0648. The van der Waals surface area contributed by atoms with Gasteiger partial charge >= 0.3 is 0 Å². The number of fused-ring (bicyclic) bond motifs is 6. The minimum atomic E-state index is -1.44. The molecule has 0 spiro atoms. The van der Waals surface area contributed by atoms with Gasteiger partial charge < -0.3 is 9.80 Å². The molecule has 0 fully saturated rings. The summed E-state index contributed by atoms with van der Waals surface area (Å²) in [5.74, 6) is 1.39. The van der Waals surface area contributed by atoms with Gasteiger partial charge in [-0.1, -0.05) is 77.9 Å². The molecule has 3 heterocycles. The summed E-state index contributed by atoms with van der Waals surface area (Å²) in [4.78, 5) is 15.2. The highest BCUT2D eigenvalue weighted by atomic mass is 19.1. The van der Waals surface area contributed by atoms with Crippen LogP contribution in [0.15, 0.2) is 54.6 Å². The number of para-hydroxylation sites is 2. The van der Waals surface area contributed by atoms with Crippen LogP contribution in [0.3, 0.4) is 0 Å². The lowest BCUT2D eigenvalue weighted by Crippen LogP contribution is -2.54. The SMILES string of the molecule is CCC1(F)c2ccccc2N2c3nc4c(nc3N(c3ccccc3)C2C1C)C(C)(C)CC4(C)C. The van der Waals surface area contributed by atoms with E-state index < -0.39 is 5.67 Å². The molecule has 0 N–H and O–H groups in total. The second kappa shape index (κ2) is 6.80. The first-order chi connectivity index (χ1) is 16.1. The van der Waals surface area contributed by atoms with Gasteiger partial charge in [-0.2, -0.15) is 0 Å². The number of hydrogen-bond acceptors (Lipinski definition) is 4. The first kappa shape index (κ1) is 21.6. The maximum absolute atomic E-state index is 16.8. The second-order valence-corrected chi connectivity index (χ2v) is 11.5. The number of nitrogens with zero attached hydrogens (tertiary/aromatic N) is 4. The predicted molar refractivity (Wildman–Crippen MR) is 136 cm³/mol. The average Bonchev–Trinajstić information content (AvgIpc) is 3.25. The summed E-state index contributed by atoms with van der Waals surface area (Å²) in [5.41, 5.74) is 3.25. The van der Waals surface area contributed by atoms with E-state index in [4.69, 9.17) is 9.97 Å². The topological polar surface area (TPSA) is 32.3 Å². The van der Waals surface area contributed by atoms with Gasteiger partial charge in [0.25, 0.3) is 0 Å². The van der Waals surface area contributed by atoms with Crippen molar-refractivity contribution in [3.05, 3.63) is 71.5 Å². The Kier molecular flexibility index (Phi) is 4.32. The van der Waals surface area contributed by atoms with Crippen LogP contribution in [-0.2, 0) is 16.5 Å². The van der Waals surface area contributed by atoms with E-state index in [1.54, 1.807) is 0 Å². The molecular weight excluding hydrogens is 423 g/mol. The molecule has 2 aromatic carbocycles. The van der Waals surface area contributed by atoms with Gasteiger partial charge in [-0.15, -0.1) is 0 Å². The third kappa shape index (κ3) is 2.64. The molecule has 0 amide bonds. The van der Waals surface area contributed by atoms with Crippen LogP contribution in [0.1, 0.15) is 71.3 Å². The highest BCUT2D eigenvalue weighted by Gasteiger charge is 2.57. The smallest absolute Gasteiger partial charge is 0.178 e. The van der Waals surface area contributed by atoms with Crippen molar-refractivity contribution in [2.45, 2.75) is 77.0 Å². The normalized spacial score (nSPS) is 27.7. The van der Waals surface area contributed by atoms with E-state index in [1.807, 2.05) is 56.3 Å².